The number of sulfonamides is 1. The van der Waals surface area contributed by atoms with E-state index in [1.54, 1.807) is 41.0 Å². The topological polar surface area (TPSA) is 94.0 Å². The van der Waals surface area contributed by atoms with Crippen LogP contribution in [0.1, 0.15) is 11.1 Å². The van der Waals surface area contributed by atoms with Gasteiger partial charge in [-0.25, -0.2) is 13.1 Å². The van der Waals surface area contributed by atoms with Gasteiger partial charge in [0.2, 0.25) is 10.0 Å². The lowest BCUT2D eigenvalue weighted by Gasteiger charge is -2.26. The van der Waals surface area contributed by atoms with E-state index in [1.807, 2.05) is 66.9 Å². The Kier molecular flexibility index (Phi) is 8.46. The molecule has 9 nitrogen and oxygen atoms in total. The zero-order valence-electron chi connectivity index (χ0n) is 23.3. The van der Waals surface area contributed by atoms with Gasteiger partial charge in [0.05, 0.1) is 42.4 Å². The summed E-state index contributed by atoms with van der Waals surface area (Å²) in [7, 11) is -2.11. The molecule has 2 aliphatic heterocycles. The van der Waals surface area contributed by atoms with Crippen LogP contribution >= 0.6 is 24.0 Å². The molecule has 0 aliphatic carbocycles. The molecular weight excluding hydrogens is 605 g/mol. The highest BCUT2D eigenvalue weighted by Gasteiger charge is 2.33. The molecule has 3 heterocycles. The van der Waals surface area contributed by atoms with Crippen LogP contribution in [0.15, 0.2) is 94.9 Å². The molecule has 0 radical (unpaired) electrons. The summed E-state index contributed by atoms with van der Waals surface area (Å²) in [4.78, 5) is 15.8. The first-order valence-corrected chi connectivity index (χ1v) is 16.2. The molecular formula is C31H28N4O5S3. The number of carbonyl (C=O) groups is 1. The van der Waals surface area contributed by atoms with Crippen LogP contribution in [0.4, 0.5) is 0 Å². The third kappa shape index (κ3) is 6.15. The van der Waals surface area contributed by atoms with Crippen molar-refractivity contribution >= 4 is 50.3 Å². The van der Waals surface area contributed by atoms with Gasteiger partial charge in [0.25, 0.3) is 5.91 Å². The number of ether oxygens (including phenoxy) is 2. The first-order chi connectivity index (χ1) is 20.8. The van der Waals surface area contributed by atoms with E-state index >= 15 is 0 Å². The van der Waals surface area contributed by atoms with Crippen molar-refractivity contribution in [1.29, 1.82) is 0 Å². The Morgan fingerprint density at radius 3 is 2.49 bits per heavy atom. The monoisotopic (exact) mass is 632 g/mol. The summed E-state index contributed by atoms with van der Waals surface area (Å²) in [6, 6.07) is 23.9. The van der Waals surface area contributed by atoms with E-state index in [9.17, 15) is 13.2 Å². The molecule has 4 aromatic rings. The Morgan fingerprint density at radius 2 is 1.77 bits per heavy atom. The van der Waals surface area contributed by atoms with Gasteiger partial charge in [0.15, 0.2) is 0 Å². The van der Waals surface area contributed by atoms with Crippen LogP contribution in [-0.4, -0.2) is 71.0 Å². The molecule has 0 saturated carbocycles. The zero-order chi connectivity index (χ0) is 30.0. The van der Waals surface area contributed by atoms with Crippen molar-refractivity contribution < 1.29 is 22.7 Å². The minimum atomic E-state index is -3.72. The Morgan fingerprint density at radius 1 is 1.02 bits per heavy atom. The molecule has 3 aromatic carbocycles. The lowest BCUT2D eigenvalue weighted by Crippen LogP contribution is -2.40. The molecule has 0 atom stereocenters. The number of rotatable bonds is 8. The smallest absolute Gasteiger partial charge is 0.266 e. The average molecular weight is 633 g/mol. The average Bonchev–Trinajstić information content (AvgIpc) is 3.58. The number of nitrogens with zero attached hydrogens (tertiary/aromatic N) is 4. The number of amides is 1. The number of hydrogen-bond acceptors (Lipinski definition) is 8. The van der Waals surface area contributed by atoms with E-state index in [0.29, 0.717) is 58.9 Å². The van der Waals surface area contributed by atoms with Gasteiger partial charge in [0.1, 0.15) is 15.8 Å². The van der Waals surface area contributed by atoms with Gasteiger partial charge in [-0.1, -0.05) is 66.4 Å². The molecule has 43 heavy (non-hydrogen) atoms. The first kappa shape index (κ1) is 29.3. The van der Waals surface area contributed by atoms with Crippen molar-refractivity contribution in [2.24, 2.45) is 0 Å². The predicted octanol–water partition coefficient (Wildman–Crippen LogP) is 4.97. The van der Waals surface area contributed by atoms with Gasteiger partial charge in [-0.05, 0) is 48.0 Å². The highest BCUT2D eigenvalue weighted by molar-refractivity contribution is 8.26. The number of hydrogen-bond donors (Lipinski definition) is 0. The quantitative estimate of drug-likeness (QED) is 0.199. The molecule has 0 N–H and O–H groups in total. The summed E-state index contributed by atoms with van der Waals surface area (Å²) < 4.78 is 41.0. The molecule has 2 saturated heterocycles. The molecule has 1 amide bonds. The summed E-state index contributed by atoms with van der Waals surface area (Å²) >= 11 is 6.82. The van der Waals surface area contributed by atoms with Crippen LogP contribution < -0.4 is 4.74 Å². The van der Waals surface area contributed by atoms with Crippen molar-refractivity contribution in [2.45, 2.75) is 11.4 Å². The molecule has 0 bridgehead atoms. The van der Waals surface area contributed by atoms with Gasteiger partial charge < -0.3 is 9.47 Å². The van der Waals surface area contributed by atoms with E-state index < -0.39 is 10.0 Å². The van der Waals surface area contributed by atoms with Crippen molar-refractivity contribution in [3.63, 3.8) is 0 Å². The van der Waals surface area contributed by atoms with Crippen LogP contribution in [-0.2, 0) is 26.1 Å². The third-order valence-electron chi connectivity index (χ3n) is 7.14. The summed E-state index contributed by atoms with van der Waals surface area (Å²) in [5.41, 5.74) is 3.57. The van der Waals surface area contributed by atoms with E-state index in [0.717, 1.165) is 17.0 Å². The summed E-state index contributed by atoms with van der Waals surface area (Å²) in [5.74, 6) is 0.534. The SMILES string of the molecule is COc1ccc(CN2C(=O)C(=Cc3cn(-c4ccccc4)nc3-c3cccc(S(=O)(=O)N4CCOCC4)c3)SC2=S)cc1. The number of thiocarbonyl (C=S) groups is 1. The minimum Gasteiger partial charge on any atom is -0.497 e. The second-order valence-corrected chi connectivity index (χ2v) is 13.5. The molecule has 2 fully saturated rings. The van der Waals surface area contributed by atoms with Crippen LogP contribution in [0.2, 0.25) is 0 Å². The van der Waals surface area contributed by atoms with E-state index in [2.05, 4.69) is 0 Å². The molecule has 0 unspecified atom stereocenters. The number of thioether (sulfide) groups is 1. The maximum atomic E-state index is 13.5. The fraction of sp³-hybridized carbons (Fsp3) is 0.194. The molecule has 6 rings (SSSR count). The Balaban J connectivity index is 1.36. The number of morpholine rings is 1. The maximum Gasteiger partial charge on any atom is 0.266 e. The van der Waals surface area contributed by atoms with Gasteiger partial charge in [-0.2, -0.15) is 9.40 Å². The summed E-state index contributed by atoms with van der Waals surface area (Å²) in [6.07, 6.45) is 3.61. The number of para-hydroxylation sites is 1. The second kappa shape index (κ2) is 12.4. The van der Waals surface area contributed by atoms with Crippen molar-refractivity contribution in [1.82, 2.24) is 19.0 Å². The standard InChI is InChI=1S/C31H28N4O5S3/c1-39-26-12-10-22(11-13-26)20-34-30(36)28(42-31(34)41)19-24-21-35(25-7-3-2-4-8-25)32-29(24)23-6-5-9-27(18-23)43(37,38)33-14-16-40-17-15-33/h2-13,18-19,21H,14-17,20H2,1H3. The lowest BCUT2D eigenvalue weighted by atomic mass is 10.1. The number of benzene rings is 3. The van der Waals surface area contributed by atoms with Crippen LogP contribution in [0, 0.1) is 0 Å². The number of methoxy groups -OCH3 is 1. The third-order valence-corrected chi connectivity index (χ3v) is 10.4. The van der Waals surface area contributed by atoms with Gasteiger partial charge in [-0.15, -0.1) is 0 Å². The van der Waals surface area contributed by atoms with Crippen molar-refractivity contribution in [3.8, 4) is 22.7 Å². The number of aromatic nitrogens is 2. The lowest BCUT2D eigenvalue weighted by molar-refractivity contribution is -0.122. The van der Waals surface area contributed by atoms with Gasteiger partial charge in [0, 0.05) is 30.4 Å². The van der Waals surface area contributed by atoms with Gasteiger partial charge in [-0.3, -0.25) is 9.69 Å². The number of carbonyl (C=O) groups excluding carboxylic acids is 1. The fourth-order valence-corrected chi connectivity index (χ4v) is 7.56. The maximum absolute atomic E-state index is 13.5. The largest absolute Gasteiger partial charge is 0.497 e. The normalized spacial score (nSPS) is 17.1. The summed E-state index contributed by atoms with van der Waals surface area (Å²) in [5, 5.41) is 4.84. The van der Waals surface area contributed by atoms with Crippen molar-refractivity contribution in [3.05, 3.63) is 101 Å². The van der Waals surface area contributed by atoms with Crippen LogP contribution in [0.5, 0.6) is 5.75 Å². The minimum absolute atomic E-state index is 0.179. The second-order valence-electron chi connectivity index (χ2n) is 9.87. The van der Waals surface area contributed by atoms with Crippen LogP contribution in [0.3, 0.4) is 0 Å². The Hall–Kier alpha value is -3.81. The first-order valence-electron chi connectivity index (χ1n) is 13.6. The molecule has 1 aromatic heterocycles. The van der Waals surface area contributed by atoms with E-state index in [4.69, 9.17) is 26.8 Å². The molecule has 12 heteroatoms. The predicted molar refractivity (Wildman–Crippen MR) is 170 cm³/mol. The highest BCUT2D eigenvalue weighted by atomic mass is 32.2. The van der Waals surface area contributed by atoms with Gasteiger partial charge >= 0.3 is 0 Å². The van der Waals surface area contributed by atoms with E-state index in [1.165, 1.54) is 16.1 Å². The highest BCUT2D eigenvalue weighted by Crippen LogP contribution is 2.36. The Bertz CT molecular complexity index is 1800. The molecule has 220 valence electrons. The Labute approximate surface area is 259 Å². The van der Waals surface area contributed by atoms with Crippen molar-refractivity contribution in [2.75, 3.05) is 33.4 Å². The molecule has 0 spiro atoms. The zero-order valence-corrected chi connectivity index (χ0v) is 25.7. The van der Waals surface area contributed by atoms with E-state index in [-0.39, 0.29) is 10.8 Å². The fourth-order valence-electron chi connectivity index (χ4n) is 4.86. The van der Waals surface area contributed by atoms with Crippen LogP contribution in [0.25, 0.3) is 23.0 Å². The summed E-state index contributed by atoms with van der Waals surface area (Å²) in [6.45, 7) is 1.67. The molecule has 2 aliphatic rings.